The standard InChI is InChI=1S/C12H12ClNO/c1-8-2-3-9(11(14)6-8)7-10-4-5-12(13)15-10/h2-6H,7,14H2,1H3. The van der Waals surface area contributed by atoms with Crippen molar-refractivity contribution in [1.29, 1.82) is 0 Å². The summed E-state index contributed by atoms with van der Waals surface area (Å²) < 4.78 is 5.28. The number of rotatable bonds is 2. The first-order valence-electron chi connectivity index (χ1n) is 4.74. The minimum Gasteiger partial charge on any atom is -0.449 e. The summed E-state index contributed by atoms with van der Waals surface area (Å²) in [5.41, 5.74) is 8.92. The van der Waals surface area contributed by atoms with Crippen molar-refractivity contribution in [1.82, 2.24) is 0 Å². The lowest BCUT2D eigenvalue weighted by molar-refractivity contribution is 0.523. The van der Waals surface area contributed by atoms with Crippen molar-refractivity contribution in [2.75, 3.05) is 5.73 Å². The van der Waals surface area contributed by atoms with Gasteiger partial charge in [0.15, 0.2) is 5.22 Å². The summed E-state index contributed by atoms with van der Waals surface area (Å²) in [5, 5.41) is 0.413. The van der Waals surface area contributed by atoms with Crippen molar-refractivity contribution in [3.05, 3.63) is 52.4 Å². The molecule has 0 spiro atoms. The Morgan fingerprint density at radius 2 is 2.07 bits per heavy atom. The number of hydrogen-bond acceptors (Lipinski definition) is 2. The first kappa shape index (κ1) is 10.1. The fourth-order valence-electron chi connectivity index (χ4n) is 1.51. The highest BCUT2D eigenvalue weighted by molar-refractivity contribution is 6.28. The van der Waals surface area contributed by atoms with E-state index in [1.54, 1.807) is 6.07 Å². The zero-order chi connectivity index (χ0) is 10.8. The minimum atomic E-state index is 0.413. The van der Waals surface area contributed by atoms with Crippen LogP contribution in [-0.4, -0.2) is 0 Å². The molecule has 2 N–H and O–H groups in total. The second kappa shape index (κ2) is 3.99. The van der Waals surface area contributed by atoms with Crippen LogP contribution in [0, 0.1) is 6.92 Å². The monoisotopic (exact) mass is 221 g/mol. The van der Waals surface area contributed by atoms with E-state index in [0.717, 1.165) is 22.6 Å². The molecule has 2 rings (SSSR count). The normalized spacial score (nSPS) is 10.5. The molecule has 3 heteroatoms. The molecular formula is C12H12ClNO. The molecule has 78 valence electrons. The number of furan rings is 1. The summed E-state index contributed by atoms with van der Waals surface area (Å²) >= 11 is 5.69. The maximum Gasteiger partial charge on any atom is 0.193 e. The van der Waals surface area contributed by atoms with Gasteiger partial charge in [0, 0.05) is 12.1 Å². The molecule has 1 heterocycles. The largest absolute Gasteiger partial charge is 0.449 e. The van der Waals surface area contributed by atoms with Gasteiger partial charge in [0.05, 0.1) is 0 Å². The first-order valence-corrected chi connectivity index (χ1v) is 5.12. The van der Waals surface area contributed by atoms with Crippen molar-refractivity contribution in [3.63, 3.8) is 0 Å². The topological polar surface area (TPSA) is 39.2 Å². The van der Waals surface area contributed by atoms with Crippen LogP contribution in [0.25, 0.3) is 0 Å². The van der Waals surface area contributed by atoms with Crippen molar-refractivity contribution >= 4 is 17.3 Å². The van der Waals surface area contributed by atoms with Gasteiger partial charge in [-0.3, -0.25) is 0 Å². The second-order valence-corrected chi connectivity index (χ2v) is 3.96. The molecule has 0 amide bonds. The summed E-state index contributed by atoms with van der Waals surface area (Å²) in [6.07, 6.45) is 0.679. The Kier molecular flexibility index (Phi) is 2.69. The zero-order valence-corrected chi connectivity index (χ0v) is 9.21. The lowest BCUT2D eigenvalue weighted by Gasteiger charge is -2.04. The molecule has 0 aliphatic rings. The van der Waals surface area contributed by atoms with Crippen molar-refractivity contribution < 1.29 is 4.42 Å². The van der Waals surface area contributed by atoms with E-state index in [9.17, 15) is 0 Å². The van der Waals surface area contributed by atoms with E-state index in [1.165, 1.54) is 0 Å². The van der Waals surface area contributed by atoms with Crippen molar-refractivity contribution in [2.24, 2.45) is 0 Å². The molecule has 0 aliphatic heterocycles. The first-order chi connectivity index (χ1) is 7.15. The summed E-state index contributed by atoms with van der Waals surface area (Å²) in [7, 11) is 0. The van der Waals surface area contributed by atoms with Gasteiger partial charge in [-0.1, -0.05) is 12.1 Å². The number of nitrogen functional groups attached to an aromatic ring is 1. The molecule has 1 aromatic carbocycles. The third-order valence-electron chi connectivity index (χ3n) is 2.29. The molecule has 0 unspecified atom stereocenters. The quantitative estimate of drug-likeness (QED) is 0.790. The maximum atomic E-state index is 5.90. The Bertz CT molecular complexity index is 476. The van der Waals surface area contributed by atoms with Crippen LogP contribution in [0.2, 0.25) is 5.22 Å². The van der Waals surface area contributed by atoms with Crippen molar-refractivity contribution in [3.8, 4) is 0 Å². The van der Waals surface area contributed by atoms with Gasteiger partial charge in [-0.15, -0.1) is 0 Å². The average Bonchev–Trinajstić information content (AvgIpc) is 2.56. The van der Waals surface area contributed by atoms with Gasteiger partial charge in [0.2, 0.25) is 0 Å². The average molecular weight is 222 g/mol. The van der Waals surface area contributed by atoms with Crippen LogP contribution in [0.3, 0.4) is 0 Å². The second-order valence-electron chi connectivity index (χ2n) is 3.58. The highest BCUT2D eigenvalue weighted by Gasteiger charge is 2.04. The summed E-state index contributed by atoms with van der Waals surface area (Å²) in [6, 6.07) is 9.61. The number of anilines is 1. The van der Waals surface area contributed by atoms with Gasteiger partial charge in [-0.05, 0) is 47.9 Å². The summed E-state index contributed by atoms with van der Waals surface area (Å²) in [5.74, 6) is 0.829. The maximum absolute atomic E-state index is 5.90. The molecular weight excluding hydrogens is 210 g/mol. The fraction of sp³-hybridized carbons (Fsp3) is 0.167. The number of halogens is 1. The number of benzene rings is 1. The highest BCUT2D eigenvalue weighted by atomic mass is 35.5. The van der Waals surface area contributed by atoms with Crippen LogP contribution in [-0.2, 0) is 6.42 Å². The van der Waals surface area contributed by atoms with E-state index < -0.39 is 0 Å². The predicted octanol–water partition coefficient (Wildman–Crippen LogP) is 3.41. The summed E-state index contributed by atoms with van der Waals surface area (Å²) in [4.78, 5) is 0. The SMILES string of the molecule is Cc1ccc(Cc2ccc(Cl)o2)c(N)c1. The number of nitrogens with two attached hydrogens (primary N) is 1. The Morgan fingerprint density at radius 1 is 1.27 bits per heavy atom. The van der Waals surface area contributed by atoms with Gasteiger partial charge in [-0.2, -0.15) is 0 Å². The highest BCUT2D eigenvalue weighted by Crippen LogP contribution is 2.21. The molecule has 1 aromatic heterocycles. The fourth-order valence-corrected chi connectivity index (χ4v) is 1.67. The van der Waals surface area contributed by atoms with E-state index in [0.29, 0.717) is 11.6 Å². The molecule has 0 bridgehead atoms. The number of hydrogen-bond donors (Lipinski definition) is 1. The van der Waals surface area contributed by atoms with Crippen LogP contribution in [0.15, 0.2) is 34.7 Å². The van der Waals surface area contributed by atoms with Crippen molar-refractivity contribution in [2.45, 2.75) is 13.3 Å². The van der Waals surface area contributed by atoms with Crippen LogP contribution < -0.4 is 5.73 Å². The zero-order valence-electron chi connectivity index (χ0n) is 8.46. The van der Waals surface area contributed by atoms with Crippen LogP contribution in [0.5, 0.6) is 0 Å². The van der Waals surface area contributed by atoms with Crippen LogP contribution in [0.4, 0.5) is 5.69 Å². The van der Waals surface area contributed by atoms with E-state index in [2.05, 4.69) is 0 Å². The lowest BCUT2D eigenvalue weighted by atomic mass is 10.1. The Balaban J connectivity index is 2.24. The van der Waals surface area contributed by atoms with Gasteiger partial charge in [0.1, 0.15) is 5.76 Å². The molecule has 15 heavy (non-hydrogen) atoms. The molecule has 0 atom stereocenters. The van der Waals surface area contributed by atoms with E-state index >= 15 is 0 Å². The number of aryl methyl sites for hydroxylation is 1. The van der Waals surface area contributed by atoms with Gasteiger partial charge < -0.3 is 10.2 Å². The van der Waals surface area contributed by atoms with E-state index in [4.69, 9.17) is 21.8 Å². The Labute approximate surface area is 93.7 Å². The Hall–Kier alpha value is -1.41. The predicted molar refractivity (Wildman–Crippen MR) is 62.1 cm³/mol. The smallest absolute Gasteiger partial charge is 0.193 e. The van der Waals surface area contributed by atoms with E-state index in [-0.39, 0.29) is 0 Å². The lowest BCUT2D eigenvalue weighted by Crippen LogP contribution is -1.95. The molecule has 0 saturated heterocycles. The molecule has 0 radical (unpaired) electrons. The molecule has 0 saturated carbocycles. The van der Waals surface area contributed by atoms with E-state index in [1.807, 2.05) is 31.2 Å². The van der Waals surface area contributed by atoms with Crippen LogP contribution >= 0.6 is 11.6 Å². The Morgan fingerprint density at radius 3 is 2.67 bits per heavy atom. The molecule has 2 aromatic rings. The van der Waals surface area contributed by atoms with Gasteiger partial charge in [0.25, 0.3) is 0 Å². The van der Waals surface area contributed by atoms with Gasteiger partial charge >= 0.3 is 0 Å². The minimum absolute atomic E-state index is 0.413. The molecule has 2 nitrogen and oxygen atoms in total. The van der Waals surface area contributed by atoms with Gasteiger partial charge in [-0.25, -0.2) is 0 Å². The third kappa shape index (κ3) is 2.34. The molecule has 0 aliphatic carbocycles. The molecule has 0 fully saturated rings. The summed E-state index contributed by atoms with van der Waals surface area (Å²) in [6.45, 7) is 2.02. The third-order valence-corrected chi connectivity index (χ3v) is 2.50. The van der Waals surface area contributed by atoms with Crippen LogP contribution in [0.1, 0.15) is 16.9 Å².